The Morgan fingerprint density at radius 3 is 2.70 bits per heavy atom. The van der Waals surface area contributed by atoms with Gasteiger partial charge in [0.15, 0.2) is 0 Å². The van der Waals surface area contributed by atoms with Gasteiger partial charge in [-0.3, -0.25) is 0 Å². The zero-order chi connectivity index (χ0) is 14.5. The van der Waals surface area contributed by atoms with Crippen molar-refractivity contribution < 1.29 is 0 Å². The van der Waals surface area contributed by atoms with E-state index in [9.17, 15) is 0 Å². The van der Waals surface area contributed by atoms with Crippen LogP contribution in [0.4, 0.5) is 17.5 Å². The van der Waals surface area contributed by atoms with Crippen LogP contribution in [0.2, 0.25) is 10.0 Å². The lowest BCUT2D eigenvalue weighted by Gasteiger charge is -2.13. The smallest absolute Gasteiger partial charge is 0.229 e. The van der Waals surface area contributed by atoms with E-state index in [2.05, 4.69) is 34.4 Å². The van der Waals surface area contributed by atoms with Crippen molar-refractivity contribution in [3.05, 3.63) is 40.5 Å². The fraction of sp³-hybridized carbons (Fsp3) is 0.286. The van der Waals surface area contributed by atoms with Crippen molar-refractivity contribution in [2.45, 2.75) is 26.3 Å². The molecule has 20 heavy (non-hydrogen) atoms. The molecule has 0 aliphatic carbocycles. The number of halogens is 2. The number of anilines is 3. The van der Waals surface area contributed by atoms with Crippen LogP contribution in [0, 0.1) is 0 Å². The van der Waals surface area contributed by atoms with Crippen molar-refractivity contribution in [2.24, 2.45) is 0 Å². The Balaban J connectivity index is 2.12. The molecule has 0 aliphatic heterocycles. The van der Waals surface area contributed by atoms with Gasteiger partial charge in [-0.15, -0.1) is 0 Å². The lowest BCUT2D eigenvalue weighted by molar-refractivity contribution is 0.758. The summed E-state index contributed by atoms with van der Waals surface area (Å²) in [4.78, 5) is 8.58. The SMILES string of the molecule is CCC(C)Nc1ccnc(Nc2ccc(Cl)c(Cl)c2)n1. The molecule has 0 saturated carbocycles. The number of hydrogen-bond acceptors (Lipinski definition) is 4. The second kappa shape index (κ2) is 6.77. The molecule has 0 spiro atoms. The molecular formula is C14H16Cl2N4. The number of nitrogens with one attached hydrogen (secondary N) is 2. The fourth-order valence-electron chi connectivity index (χ4n) is 1.56. The van der Waals surface area contributed by atoms with Crippen molar-refractivity contribution in [2.75, 3.05) is 10.6 Å². The van der Waals surface area contributed by atoms with Crippen molar-refractivity contribution >= 4 is 40.7 Å². The second-order valence-electron chi connectivity index (χ2n) is 4.47. The highest BCUT2D eigenvalue weighted by molar-refractivity contribution is 6.42. The van der Waals surface area contributed by atoms with Gasteiger partial charge in [0.2, 0.25) is 5.95 Å². The topological polar surface area (TPSA) is 49.8 Å². The van der Waals surface area contributed by atoms with Crippen LogP contribution in [-0.4, -0.2) is 16.0 Å². The number of benzene rings is 1. The zero-order valence-electron chi connectivity index (χ0n) is 11.3. The van der Waals surface area contributed by atoms with E-state index in [-0.39, 0.29) is 0 Å². The lowest BCUT2D eigenvalue weighted by Crippen LogP contribution is -2.14. The highest BCUT2D eigenvalue weighted by Crippen LogP contribution is 2.26. The predicted molar refractivity (Wildman–Crippen MR) is 85.2 cm³/mol. The van der Waals surface area contributed by atoms with Gasteiger partial charge in [-0.05, 0) is 37.6 Å². The summed E-state index contributed by atoms with van der Waals surface area (Å²) in [5.41, 5.74) is 0.792. The standard InChI is InChI=1S/C14H16Cl2N4/c1-3-9(2)18-13-6-7-17-14(20-13)19-10-4-5-11(15)12(16)8-10/h4-9H,3H2,1-2H3,(H2,17,18,19,20). The predicted octanol–water partition coefficient (Wildman–Crippen LogP) is 4.74. The minimum absolute atomic E-state index is 0.364. The Kier molecular flexibility index (Phi) is 5.04. The molecule has 2 rings (SSSR count). The first-order valence-electron chi connectivity index (χ1n) is 6.40. The Bertz CT molecular complexity index is 589. The molecule has 0 saturated heterocycles. The summed E-state index contributed by atoms with van der Waals surface area (Å²) >= 11 is 11.9. The quantitative estimate of drug-likeness (QED) is 0.837. The number of aromatic nitrogens is 2. The van der Waals surface area contributed by atoms with E-state index in [4.69, 9.17) is 23.2 Å². The van der Waals surface area contributed by atoms with Gasteiger partial charge in [0, 0.05) is 17.9 Å². The molecule has 4 nitrogen and oxygen atoms in total. The normalized spacial score (nSPS) is 12.0. The van der Waals surface area contributed by atoms with Crippen LogP contribution < -0.4 is 10.6 Å². The van der Waals surface area contributed by atoms with Gasteiger partial charge in [-0.2, -0.15) is 4.98 Å². The molecule has 2 N–H and O–H groups in total. The van der Waals surface area contributed by atoms with Crippen LogP contribution in [0.1, 0.15) is 20.3 Å². The van der Waals surface area contributed by atoms with Gasteiger partial charge in [0.05, 0.1) is 10.0 Å². The maximum Gasteiger partial charge on any atom is 0.229 e. The summed E-state index contributed by atoms with van der Waals surface area (Å²) in [6, 6.07) is 7.50. The van der Waals surface area contributed by atoms with Crippen molar-refractivity contribution in [1.82, 2.24) is 9.97 Å². The first-order valence-corrected chi connectivity index (χ1v) is 7.15. The number of rotatable bonds is 5. The molecule has 1 unspecified atom stereocenters. The summed E-state index contributed by atoms with van der Waals surface area (Å²) in [7, 11) is 0. The first kappa shape index (κ1) is 14.9. The molecule has 0 fully saturated rings. The molecule has 1 atom stereocenters. The van der Waals surface area contributed by atoms with Crippen molar-refractivity contribution in [3.8, 4) is 0 Å². The van der Waals surface area contributed by atoms with Crippen molar-refractivity contribution in [1.29, 1.82) is 0 Å². The Hall–Kier alpha value is -1.52. The van der Waals surface area contributed by atoms with E-state index < -0.39 is 0 Å². The second-order valence-corrected chi connectivity index (χ2v) is 5.29. The summed E-state index contributed by atoms with van der Waals surface area (Å²) in [5.74, 6) is 1.30. The summed E-state index contributed by atoms with van der Waals surface area (Å²) in [5, 5.41) is 7.41. The molecule has 6 heteroatoms. The summed E-state index contributed by atoms with van der Waals surface area (Å²) in [6.45, 7) is 4.22. The first-order chi connectivity index (χ1) is 9.58. The van der Waals surface area contributed by atoms with E-state index in [1.807, 2.05) is 12.1 Å². The highest BCUT2D eigenvalue weighted by Gasteiger charge is 2.04. The van der Waals surface area contributed by atoms with E-state index in [0.717, 1.165) is 17.9 Å². The summed E-state index contributed by atoms with van der Waals surface area (Å²) < 4.78 is 0. The molecule has 1 heterocycles. The Morgan fingerprint density at radius 2 is 2.00 bits per heavy atom. The molecule has 1 aromatic carbocycles. The highest BCUT2D eigenvalue weighted by atomic mass is 35.5. The van der Waals surface area contributed by atoms with Gasteiger partial charge in [-0.1, -0.05) is 30.1 Å². The van der Waals surface area contributed by atoms with E-state index in [0.29, 0.717) is 22.0 Å². The molecule has 2 aromatic rings. The summed E-state index contributed by atoms with van der Waals surface area (Å²) in [6.07, 6.45) is 2.73. The van der Waals surface area contributed by atoms with E-state index >= 15 is 0 Å². The van der Waals surface area contributed by atoms with Gasteiger partial charge in [-0.25, -0.2) is 4.98 Å². The minimum atomic E-state index is 0.364. The molecule has 106 valence electrons. The molecule has 0 radical (unpaired) electrons. The van der Waals surface area contributed by atoms with Crippen LogP contribution in [0.25, 0.3) is 0 Å². The third-order valence-electron chi connectivity index (χ3n) is 2.84. The van der Waals surface area contributed by atoms with Crippen molar-refractivity contribution in [3.63, 3.8) is 0 Å². The molecule has 0 aliphatic rings. The maximum atomic E-state index is 5.97. The number of nitrogens with zero attached hydrogens (tertiary/aromatic N) is 2. The largest absolute Gasteiger partial charge is 0.367 e. The van der Waals surface area contributed by atoms with Gasteiger partial charge >= 0.3 is 0 Å². The minimum Gasteiger partial charge on any atom is -0.367 e. The van der Waals surface area contributed by atoms with Crippen LogP contribution in [-0.2, 0) is 0 Å². The van der Waals surface area contributed by atoms with Crippen LogP contribution >= 0.6 is 23.2 Å². The average molecular weight is 311 g/mol. The molecule has 1 aromatic heterocycles. The Morgan fingerprint density at radius 1 is 1.20 bits per heavy atom. The maximum absolute atomic E-state index is 5.97. The van der Waals surface area contributed by atoms with Gasteiger partial charge in [0.1, 0.15) is 5.82 Å². The molecule has 0 amide bonds. The van der Waals surface area contributed by atoms with Crippen LogP contribution in [0.15, 0.2) is 30.5 Å². The number of hydrogen-bond donors (Lipinski definition) is 2. The molecule has 0 bridgehead atoms. The van der Waals surface area contributed by atoms with Crippen LogP contribution in [0.5, 0.6) is 0 Å². The van der Waals surface area contributed by atoms with E-state index in [1.165, 1.54) is 0 Å². The molecular weight excluding hydrogens is 295 g/mol. The fourth-order valence-corrected chi connectivity index (χ4v) is 1.85. The third-order valence-corrected chi connectivity index (χ3v) is 3.58. The van der Waals surface area contributed by atoms with Gasteiger partial charge < -0.3 is 10.6 Å². The van der Waals surface area contributed by atoms with Crippen LogP contribution in [0.3, 0.4) is 0 Å². The third kappa shape index (κ3) is 3.99. The van der Waals surface area contributed by atoms with Gasteiger partial charge in [0.25, 0.3) is 0 Å². The monoisotopic (exact) mass is 310 g/mol. The lowest BCUT2D eigenvalue weighted by atomic mass is 10.2. The Labute approximate surface area is 128 Å². The zero-order valence-corrected chi connectivity index (χ0v) is 12.8. The average Bonchev–Trinajstić information content (AvgIpc) is 2.43. The van der Waals surface area contributed by atoms with E-state index in [1.54, 1.807) is 18.3 Å².